The number of carbonyl (C=O) groups excluding carboxylic acids is 1. The Morgan fingerprint density at radius 1 is 1.15 bits per heavy atom. The molecule has 1 amide bonds. The molecule has 2 aliphatic rings. The van der Waals surface area contributed by atoms with Crippen LogP contribution in [0.5, 0.6) is 0 Å². The van der Waals surface area contributed by atoms with Gasteiger partial charge in [0.15, 0.2) is 0 Å². The van der Waals surface area contributed by atoms with Crippen molar-refractivity contribution in [2.75, 3.05) is 19.6 Å². The van der Waals surface area contributed by atoms with Crippen molar-refractivity contribution in [1.82, 2.24) is 19.4 Å². The first-order valence-corrected chi connectivity index (χ1v) is 9.91. The maximum absolute atomic E-state index is 13.1. The highest BCUT2D eigenvalue weighted by molar-refractivity contribution is 5.77. The van der Waals surface area contributed by atoms with Crippen molar-refractivity contribution in [3.63, 3.8) is 0 Å². The fourth-order valence-corrected chi connectivity index (χ4v) is 4.55. The number of likely N-dealkylation sites (tertiary alicyclic amines) is 2. The van der Waals surface area contributed by atoms with Gasteiger partial charge in [0.05, 0.1) is 6.33 Å². The average Bonchev–Trinajstić information content (AvgIpc) is 3.19. The van der Waals surface area contributed by atoms with E-state index in [2.05, 4.69) is 19.4 Å². The number of piperidine rings is 2. The summed E-state index contributed by atoms with van der Waals surface area (Å²) in [5.74, 6) is 0.675. The average molecular weight is 370 g/mol. The molecule has 0 spiro atoms. The van der Waals surface area contributed by atoms with Crippen molar-refractivity contribution in [3.05, 3.63) is 54.4 Å². The second kappa shape index (κ2) is 8.21. The Balaban J connectivity index is 1.32. The molecule has 27 heavy (non-hydrogen) atoms. The summed E-state index contributed by atoms with van der Waals surface area (Å²) in [4.78, 5) is 21.2. The van der Waals surface area contributed by atoms with Gasteiger partial charge in [0.25, 0.3) is 0 Å². The summed E-state index contributed by atoms with van der Waals surface area (Å²) >= 11 is 0. The molecule has 3 heterocycles. The summed E-state index contributed by atoms with van der Waals surface area (Å²) in [5, 5.41) is 0. The molecule has 2 fully saturated rings. The topological polar surface area (TPSA) is 41.4 Å². The zero-order chi connectivity index (χ0) is 18.6. The maximum Gasteiger partial charge on any atom is 0.222 e. The van der Waals surface area contributed by atoms with Crippen molar-refractivity contribution in [1.29, 1.82) is 0 Å². The Hall–Kier alpha value is -2.21. The fourth-order valence-electron chi connectivity index (χ4n) is 4.55. The van der Waals surface area contributed by atoms with Gasteiger partial charge in [-0.3, -0.25) is 9.69 Å². The zero-order valence-corrected chi connectivity index (χ0v) is 15.6. The summed E-state index contributed by atoms with van der Waals surface area (Å²) in [7, 11) is 0. The van der Waals surface area contributed by atoms with Crippen molar-refractivity contribution in [2.24, 2.45) is 5.92 Å². The SMILES string of the molecule is O=C1CC[C@@H]2CN(Cc3ccc(F)cc3)CC[C@@H]2N1CCCn1ccnc1. The number of hydrogen-bond acceptors (Lipinski definition) is 3. The summed E-state index contributed by atoms with van der Waals surface area (Å²) in [6.07, 6.45) is 9.23. The minimum atomic E-state index is -0.186. The number of aromatic nitrogens is 2. The molecule has 0 bridgehead atoms. The van der Waals surface area contributed by atoms with Gasteiger partial charge < -0.3 is 9.47 Å². The van der Waals surface area contributed by atoms with Gasteiger partial charge in [-0.2, -0.15) is 0 Å². The lowest BCUT2D eigenvalue weighted by Gasteiger charge is -2.47. The molecule has 6 heteroatoms. The molecule has 0 radical (unpaired) electrons. The van der Waals surface area contributed by atoms with E-state index in [0.29, 0.717) is 24.3 Å². The number of amides is 1. The van der Waals surface area contributed by atoms with Crippen molar-refractivity contribution >= 4 is 5.91 Å². The van der Waals surface area contributed by atoms with Crippen molar-refractivity contribution in [2.45, 2.75) is 44.8 Å². The number of nitrogens with zero attached hydrogens (tertiary/aromatic N) is 4. The lowest BCUT2D eigenvalue weighted by Crippen LogP contribution is -2.56. The monoisotopic (exact) mass is 370 g/mol. The first-order valence-electron chi connectivity index (χ1n) is 9.91. The predicted molar refractivity (Wildman–Crippen MR) is 101 cm³/mol. The molecule has 2 aliphatic heterocycles. The van der Waals surface area contributed by atoms with E-state index in [1.807, 2.05) is 24.7 Å². The summed E-state index contributed by atoms with van der Waals surface area (Å²) in [5.41, 5.74) is 1.15. The van der Waals surface area contributed by atoms with Crippen LogP contribution in [0.4, 0.5) is 4.39 Å². The van der Waals surface area contributed by atoms with Crippen LogP contribution in [0.25, 0.3) is 0 Å². The number of benzene rings is 1. The second-order valence-electron chi connectivity index (χ2n) is 7.76. The molecule has 0 N–H and O–H groups in total. The molecule has 2 aromatic rings. The molecule has 2 atom stereocenters. The quantitative estimate of drug-likeness (QED) is 0.785. The third-order valence-electron chi connectivity index (χ3n) is 5.92. The van der Waals surface area contributed by atoms with Crippen LogP contribution in [-0.4, -0.2) is 50.9 Å². The van der Waals surface area contributed by atoms with Gasteiger partial charge in [-0.25, -0.2) is 9.37 Å². The van der Waals surface area contributed by atoms with Gasteiger partial charge in [0, 0.05) is 57.6 Å². The summed E-state index contributed by atoms with van der Waals surface area (Å²) in [6.45, 7) is 4.60. The smallest absolute Gasteiger partial charge is 0.222 e. The summed E-state index contributed by atoms with van der Waals surface area (Å²) < 4.78 is 15.2. The molecule has 0 saturated carbocycles. The minimum absolute atomic E-state index is 0.186. The number of carbonyl (C=O) groups is 1. The first kappa shape index (κ1) is 18.2. The molecule has 1 aromatic heterocycles. The van der Waals surface area contributed by atoms with E-state index in [0.717, 1.165) is 57.5 Å². The second-order valence-corrected chi connectivity index (χ2v) is 7.76. The van der Waals surface area contributed by atoms with Crippen LogP contribution in [0.1, 0.15) is 31.2 Å². The lowest BCUT2D eigenvalue weighted by molar-refractivity contribution is -0.141. The number of aryl methyl sites for hydroxylation is 1. The fraction of sp³-hybridized carbons (Fsp3) is 0.524. The van der Waals surface area contributed by atoms with Crippen LogP contribution in [-0.2, 0) is 17.9 Å². The highest BCUT2D eigenvalue weighted by atomic mass is 19.1. The third-order valence-corrected chi connectivity index (χ3v) is 5.92. The van der Waals surface area contributed by atoms with Crippen LogP contribution >= 0.6 is 0 Å². The lowest BCUT2D eigenvalue weighted by atomic mass is 9.83. The molecule has 2 saturated heterocycles. The van der Waals surface area contributed by atoms with Crippen LogP contribution in [0, 0.1) is 11.7 Å². The van der Waals surface area contributed by atoms with Crippen molar-refractivity contribution in [3.8, 4) is 0 Å². The molecule has 144 valence electrons. The van der Waals surface area contributed by atoms with E-state index in [1.165, 1.54) is 12.1 Å². The van der Waals surface area contributed by atoms with Crippen LogP contribution in [0.3, 0.4) is 0 Å². The molecule has 0 unspecified atom stereocenters. The number of rotatable bonds is 6. The zero-order valence-electron chi connectivity index (χ0n) is 15.6. The predicted octanol–water partition coefficient (Wildman–Crippen LogP) is 2.93. The molecular formula is C21H27FN4O. The number of hydrogen-bond donors (Lipinski definition) is 0. The Bertz CT molecular complexity index is 746. The van der Waals surface area contributed by atoms with Gasteiger partial charge in [-0.15, -0.1) is 0 Å². The number of halogens is 1. The summed E-state index contributed by atoms with van der Waals surface area (Å²) in [6, 6.07) is 7.17. The van der Waals surface area contributed by atoms with Gasteiger partial charge >= 0.3 is 0 Å². The minimum Gasteiger partial charge on any atom is -0.339 e. The van der Waals surface area contributed by atoms with Gasteiger partial charge in [-0.05, 0) is 42.9 Å². The van der Waals surface area contributed by atoms with Crippen LogP contribution in [0.15, 0.2) is 43.0 Å². The normalized spacial score (nSPS) is 23.4. The van der Waals surface area contributed by atoms with E-state index in [-0.39, 0.29) is 5.82 Å². The van der Waals surface area contributed by atoms with Crippen LogP contribution < -0.4 is 0 Å². The van der Waals surface area contributed by atoms with Crippen LogP contribution in [0.2, 0.25) is 0 Å². The molecule has 5 nitrogen and oxygen atoms in total. The Labute approximate surface area is 159 Å². The standard InChI is InChI=1S/C21H27FN4O/c22-19-5-2-17(3-6-19)14-25-12-8-20-18(15-25)4-7-21(27)26(20)11-1-10-24-13-9-23-16-24/h2-3,5-6,9,13,16,18,20H,1,4,7-8,10-12,14-15H2/t18-,20+/m1/s1. The van der Waals surface area contributed by atoms with E-state index in [4.69, 9.17) is 0 Å². The van der Waals surface area contributed by atoms with Gasteiger partial charge in [0.1, 0.15) is 5.82 Å². The largest absolute Gasteiger partial charge is 0.339 e. The van der Waals surface area contributed by atoms with E-state index in [1.54, 1.807) is 6.20 Å². The number of imidazole rings is 1. The maximum atomic E-state index is 13.1. The molecule has 1 aromatic carbocycles. The number of fused-ring (bicyclic) bond motifs is 1. The highest BCUT2D eigenvalue weighted by Gasteiger charge is 2.38. The van der Waals surface area contributed by atoms with Gasteiger partial charge in [-0.1, -0.05) is 12.1 Å². The third kappa shape index (κ3) is 4.38. The Morgan fingerprint density at radius 3 is 2.78 bits per heavy atom. The molecule has 4 rings (SSSR count). The van der Waals surface area contributed by atoms with E-state index >= 15 is 0 Å². The molecule has 0 aliphatic carbocycles. The van der Waals surface area contributed by atoms with Gasteiger partial charge in [0.2, 0.25) is 5.91 Å². The molecular weight excluding hydrogens is 343 g/mol. The Morgan fingerprint density at radius 2 is 2.00 bits per heavy atom. The highest BCUT2D eigenvalue weighted by Crippen LogP contribution is 2.32. The van der Waals surface area contributed by atoms with Crippen molar-refractivity contribution < 1.29 is 9.18 Å². The van der Waals surface area contributed by atoms with E-state index in [9.17, 15) is 9.18 Å². The van der Waals surface area contributed by atoms with E-state index < -0.39 is 0 Å². The Kier molecular flexibility index (Phi) is 5.53. The first-order chi connectivity index (χ1) is 13.2.